The largest absolute Gasteiger partial charge is 0.295 e. The summed E-state index contributed by atoms with van der Waals surface area (Å²) in [6.07, 6.45) is 0. The van der Waals surface area contributed by atoms with Gasteiger partial charge in [0.25, 0.3) is 5.69 Å². The molecule has 0 saturated carbocycles. The lowest BCUT2D eigenvalue weighted by Crippen LogP contribution is -1.94. The highest BCUT2D eigenvalue weighted by atomic mass is 16.6. The molecule has 1 rings (SSSR count). The van der Waals surface area contributed by atoms with Crippen molar-refractivity contribution < 1.29 is 19.3 Å². The number of carbonyl (C=O) groups is 1. The number of nitro groups is 1. The Morgan fingerprint density at radius 1 is 1.75 bits per heavy atom. The van der Waals surface area contributed by atoms with E-state index >= 15 is 0 Å². The summed E-state index contributed by atoms with van der Waals surface area (Å²) < 4.78 is 50.2. The number of hydrogen-bond acceptors (Lipinski definition) is 3. The van der Waals surface area contributed by atoms with Gasteiger partial charge in [0.15, 0.2) is 5.78 Å². The van der Waals surface area contributed by atoms with Gasteiger partial charge in [-0.1, -0.05) is 12.1 Å². The molecule has 0 atom stereocenters. The van der Waals surface area contributed by atoms with Gasteiger partial charge < -0.3 is 0 Å². The first-order chi connectivity index (χ1) is 8.50. The smallest absolute Gasteiger partial charge is 0.270 e. The van der Waals surface area contributed by atoms with Crippen molar-refractivity contribution >= 4 is 11.5 Å². The maximum Gasteiger partial charge on any atom is 0.270 e. The molecule has 0 heterocycles. The Morgan fingerprint density at radius 3 is 3.08 bits per heavy atom. The zero-order valence-electron chi connectivity index (χ0n) is 12.7. The van der Waals surface area contributed by atoms with Crippen LogP contribution in [-0.4, -0.2) is 10.7 Å². The minimum absolute atomic E-state index is 0.963. The van der Waals surface area contributed by atoms with Gasteiger partial charge >= 0.3 is 0 Å². The molecule has 0 spiro atoms. The number of hydrogen-bond donors (Lipinski definition) is 0. The number of carbonyl (C=O) groups excluding carboxylic acids is 1. The summed E-state index contributed by atoms with van der Waals surface area (Å²) >= 11 is 0. The second-order valence-electron chi connectivity index (χ2n) is 1.81. The van der Waals surface area contributed by atoms with E-state index in [1.807, 2.05) is 0 Å². The first-order valence-corrected chi connectivity index (χ1v) is 2.79. The molecule has 0 aliphatic carbocycles. The molecule has 0 saturated heterocycles. The summed E-state index contributed by atoms with van der Waals surface area (Å²) in [6.45, 7) is -3.19. The molecule has 0 aliphatic heterocycles. The third-order valence-electron chi connectivity index (χ3n) is 1.02. The molecular weight excluding hydrogens is 158 g/mol. The van der Waals surface area contributed by atoms with Crippen LogP contribution in [0.1, 0.15) is 26.8 Å². The number of nitrogens with zero attached hydrogens (tertiary/aromatic N) is 1. The van der Waals surface area contributed by atoms with Gasteiger partial charge in [-0.2, -0.15) is 0 Å². The average molecular weight is 172 g/mol. The molecule has 0 N–H and O–H groups in total. The van der Waals surface area contributed by atoms with Crippen LogP contribution in [0.5, 0.6) is 0 Å². The summed E-state index contributed by atoms with van der Waals surface area (Å²) in [4.78, 5) is 21.1. The summed E-state index contributed by atoms with van der Waals surface area (Å²) in [5.41, 5.74) is -2.19. The molecule has 0 bridgehead atoms. The van der Waals surface area contributed by atoms with Gasteiger partial charge in [-0.25, -0.2) is 0 Å². The highest BCUT2D eigenvalue weighted by Crippen LogP contribution is 2.12. The SMILES string of the molecule is [2H]c1c([2H])c(C(=O)C([2H])([2H])[2H])c([2H])c([N+](=O)[O-])c1[2H]. The standard InChI is InChI=1S/C8H7NO3/c1-6(10)7-3-2-4-8(5-7)9(11)12/h2-5H,1H3/i1D3,2D,3D,4D,5D. The maximum absolute atomic E-state index is 11.6. The second kappa shape index (κ2) is 3.13. The molecule has 1 aromatic carbocycles. The van der Waals surface area contributed by atoms with E-state index in [4.69, 9.17) is 9.60 Å². The Labute approximate surface area is 78.8 Å². The fourth-order valence-electron chi connectivity index (χ4n) is 0.539. The fraction of sp³-hybridized carbons (Fsp3) is 0.125. The molecule has 0 amide bonds. The molecular formula is C8H7NO3. The minimum atomic E-state index is -3.19. The number of nitro benzene ring substituents is 1. The Bertz CT molecular complexity index is 581. The molecule has 0 aliphatic rings. The molecule has 4 nitrogen and oxygen atoms in total. The molecule has 4 heteroatoms. The lowest BCUT2D eigenvalue weighted by Gasteiger charge is -1.93. The molecule has 0 radical (unpaired) electrons. The molecule has 12 heavy (non-hydrogen) atoms. The van der Waals surface area contributed by atoms with E-state index in [0.29, 0.717) is 0 Å². The van der Waals surface area contributed by atoms with Crippen LogP contribution in [0, 0.1) is 10.1 Å². The summed E-state index contributed by atoms with van der Waals surface area (Å²) in [7, 11) is 0. The summed E-state index contributed by atoms with van der Waals surface area (Å²) in [6, 6.07) is -4.06. The van der Waals surface area contributed by atoms with Crippen LogP contribution >= 0.6 is 0 Å². The van der Waals surface area contributed by atoms with Crippen molar-refractivity contribution in [3.8, 4) is 0 Å². The first-order valence-electron chi connectivity index (χ1n) is 6.29. The maximum atomic E-state index is 11.6. The van der Waals surface area contributed by atoms with E-state index in [1.165, 1.54) is 0 Å². The van der Waals surface area contributed by atoms with Crippen LogP contribution in [0.2, 0.25) is 0 Å². The van der Waals surface area contributed by atoms with E-state index in [1.54, 1.807) is 0 Å². The van der Waals surface area contributed by atoms with Crippen molar-refractivity contribution in [2.75, 3.05) is 0 Å². The van der Waals surface area contributed by atoms with Crippen LogP contribution < -0.4 is 0 Å². The quantitative estimate of drug-likeness (QED) is 0.388. The van der Waals surface area contributed by atoms with Crippen molar-refractivity contribution in [2.45, 2.75) is 6.85 Å². The van der Waals surface area contributed by atoms with Gasteiger partial charge in [-0.05, 0) is 6.85 Å². The van der Waals surface area contributed by atoms with Gasteiger partial charge in [0.05, 0.1) is 10.4 Å². The van der Waals surface area contributed by atoms with E-state index in [0.717, 1.165) is 0 Å². The van der Waals surface area contributed by atoms with Crippen molar-refractivity contribution in [1.29, 1.82) is 0 Å². The van der Waals surface area contributed by atoms with Crippen molar-refractivity contribution in [3.05, 3.63) is 39.8 Å². The Hall–Kier alpha value is -1.71. The zero-order chi connectivity index (χ0) is 15.1. The Morgan fingerprint density at radius 2 is 2.50 bits per heavy atom. The first kappa shape index (κ1) is 2.97. The fourth-order valence-corrected chi connectivity index (χ4v) is 0.539. The zero-order valence-corrected chi connectivity index (χ0v) is 5.67. The van der Waals surface area contributed by atoms with Crippen LogP contribution in [0.15, 0.2) is 24.2 Å². The van der Waals surface area contributed by atoms with Crippen molar-refractivity contribution in [1.82, 2.24) is 0 Å². The minimum Gasteiger partial charge on any atom is -0.295 e. The molecule has 0 fully saturated rings. The van der Waals surface area contributed by atoms with Crippen LogP contribution in [0.25, 0.3) is 0 Å². The van der Waals surface area contributed by atoms with Crippen LogP contribution in [-0.2, 0) is 0 Å². The van der Waals surface area contributed by atoms with Crippen LogP contribution in [0.4, 0.5) is 5.69 Å². The molecule has 1 aromatic rings. The second-order valence-corrected chi connectivity index (χ2v) is 1.81. The van der Waals surface area contributed by atoms with E-state index < -0.39 is 53.0 Å². The lowest BCUT2D eigenvalue weighted by atomic mass is 10.1. The Balaban J connectivity index is 3.77. The topological polar surface area (TPSA) is 60.2 Å². The van der Waals surface area contributed by atoms with E-state index in [2.05, 4.69) is 0 Å². The number of rotatable bonds is 2. The molecule has 62 valence electrons. The van der Waals surface area contributed by atoms with E-state index in [9.17, 15) is 14.9 Å². The number of benzene rings is 1. The number of Topliss-reactive ketones (excluding diaryl/α,β-unsaturated/α-hetero) is 1. The third kappa shape index (κ3) is 1.66. The summed E-state index contributed by atoms with van der Waals surface area (Å²) in [5.74, 6) is -1.63. The van der Waals surface area contributed by atoms with Gasteiger partial charge in [0.1, 0.15) is 0 Å². The average Bonchev–Trinajstić information content (AvgIpc) is 2.24. The normalized spacial score (nSPS) is 18.8. The van der Waals surface area contributed by atoms with Crippen molar-refractivity contribution in [2.24, 2.45) is 0 Å². The monoisotopic (exact) mass is 172 g/mol. The van der Waals surface area contributed by atoms with Gasteiger partial charge in [-0.3, -0.25) is 14.9 Å². The summed E-state index contributed by atoms with van der Waals surface area (Å²) in [5, 5.41) is 10.7. The van der Waals surface area contributed by atoms with Gasteiger partial charge in [0.2, 0.25) is 0 Å². The Kier molecular flexibility index (Phi) is 0.774. The van der Waals surface area contributed by atoms with E-state index in [-0.39, 0.29) is 0 Å². The van der Waals surface area contributed by atoms with Crippen molar-refractivity contribution in [3.63, 3.8) is 0 Å². The lowest BCUT2D eigenvalue weighted by molar-refractivity contribution is -0.384. The highest BCUT2D eigenvalue weighted by molar-refractivity contribution is 5.94. The predicted octanol–water partition coefficient (Wildman–Crippen LogP) is 1.80. The van der Waals surface area contributed by atoms with Gasteiger partial charge in [-0.15, -0.1) is 0 Å². The van der Waals surface area contributed by atoms with Gasteiger partial charge in [0, 0.05) is 21.8 Å². The third-order valence-corrected chi connectivity index (χ3v) is 1.02. The molecule has 0 aromatic heterocycles. The molecule has 0 unspecified atom stereocenters. The predicted molar refractivity (Wildman–Crippen MR) is 43.1 cm³/mol. The number of ketones is 1. The van der Waals surface area contributed by atoms with Crippen LogP contribution in [0.3, 0.4) is 0 Å². The highest BCUT2D eigenvalue weighted by Gasteiger charge is 2.07.